The first kappa shape index (κ1) is 16.5. The van der Waals surface area contributed by atoms with Crippen LogP contribution >= 0.6 is 0 Å². The second-order valence-electron chi connectivity index (χ2n) is 7.20. The SMILES string of the molecule is Cc1nc2ccc(C(=O)N3CCc4oc(C5CCOCC5)nc4C3)cc2o1. The van der Waals surface area contributed by atoms with Gasteiger partial charge in [0.1, 0.15) is 17.0 Å². The highest BCUT2D eigenvalue weighted by Gasteiger charge is 2.29. The van der Waals surface area contributed by atoms with Crippen LogP contribution in [0.5, 0.6) is 0 Å². The van der Waals surface area contributed by atoms with Crippen LogP contribution in [0, 0.1) is 6.92 Å². The van der Waals surface area contributed by atoms with Crippen molar-refractivity contribution < 1.29 is 18.4 Å². The molecule has 0 spiro atoms. The maximum Gasteiger partial charge on any atom is 0.254 e. The molecular formula is C20H21N3O4. The molecule has 1 aromatic carbocycles. The maximum atomic E-state index is 13.0. The zero-order valence-electron chi connectivity index (χ0n) is 15.2. The molecule has 2 aliphatic rings. The lowest BCUT2D eigenvalue weighted by molar-refractivity contribution is 0.0726. The number of carbonyl (C=O) groups excluding carboxylic acids is 1. The van der Waals surface area contributed by atoms with E-state index >= 15 is 0 Å². The third-order valence-electron chi connectivity index (χ3n) is 5.34. The number of amides is 1. The van der Waals surface area contributed by atoms with Crippen LogP contribution in [0.1, 0.15) is 52.4 Å². The van der Waals surface area contributed by atoms with Gasteiger partial charge in [0.25, 0.3) is 5.91 Å². The van der Waals surface area contributed by atoms with Gasteiger partial charge in [-0.15, -0.1) is 0 Å². The molecule has 0 unspecified atom stereocenters. The predicted molar refractivity (Wildman–Crippen MR) is 96.5 cm³/mol. The molecule has 1 fully saturated rings. The number of nitrogens with zero attached hydrogens (tertiary/aromatic N) is 3. The van der Waals surface area contributed by atoms with E-state index in [0.29, 0.717) is 42.5 Å². The summed E-state index contributed by atoms with van der Waals surface area (Å²) >= 11 is 0. The number of rotatable bonds is 2. The van der Waals surface area contributed by atoms with Gasteiger partial charge in [-0.05, 0) is 31.0 Å². The van der Waals surface area contributed by atoms with Crippen LogP contribution in [0.2, 0.25) is 0 Å². The second kappa shape index (κ2) is 6.49. The highest BCUT2D eigenvalue weighted by atomic mass is 16.5. The molecule has 0 N–H and O–H groups in total. The molecule has 0 atom stereocenters. The van der Waals surface area contributed by atoms with E-state index in [2.05, 4.69) is 4.98 Å². The number of carbonyl (C=O) groups is 1. The number of fused-ring (bicyclic) bond motifs is 2. The minimum absolute atomic E-state index is 0.0211. The van der Waals surface area contributed by atoms with Crippen molar-refractivity contribution in [3.8, 4) is 0 Å². The largest absolute Gasteiger partial charge is 0.445 e. The lowest BCUT2D eigenvalue weighted by atomic mass is 10.0. The van der Waals surface area contributed by atoms with Crippen LogP contribution in [0.15, 0.2) is 27.0 Å². The zero-order valence-corrected chi connectivity index (χ0v) is 15.2. The fraction of sp³-hybridized carbons (Fsp3) is 0.450. The smallest absolute Gasteiger partial charge is 0.254 e. The highest BCUT2D eigenvalue weighted by molar-refractivity contribution is 5.97. The van der Waals surface area contributed by atoms with Crippen LogP contribution in [0.25, 0.3) is 11.1 Å². The summed E-state index contributed by atoms with van der Waals surface area (Å²) in [6.45, 7) is 4.42. The number of hydrogen-bond acceptors (Lipinski definition) is 6. The zero-order chi connectivity index (χ0) is 18.4. The first-order valence-corrected chi connectivity index (χ1v) is 9.40. The van der Waals surface area contributed by atoms with Gasteiger partial charge in [0, 0.05) is 44.6 Å². The number of aromatic nitrogens is 2. The Hall–Kier alpha value is -2.67. The summed E-state index contributed by atoms with van der Waals surface area (Å²) in [5.74, 6) is 2.62. The van der Waals surface area contributed by atoms with E-state index in [1.54, 1.807) is 19.1 Å². The molecule has 4 heterocycles. The van der Waals surface area contributed by atoms with E-state index in [1.807, 2.05) is 11.0 Å². The minimum Gasteiger partial charge on any atom is -0.445 e. The van der Waals surface area contributed by atoms with E-state index in [9.17, 15) is 4.79 Å². The molecule has 1 saturated heterocycles. The fourth-order valence-corrected chi connectivity index (χ4v) is 3.87. The average molecular weight is 367 g/mol. The molecule has 2 aliphatic heterocycles. The highest BCUT2D eigenvalue weighted by Crippen LogP contribution is 2.30. The van der Waals surface area contributed by atoms with Crippen LogP contribution in [0.4, 0.5) is 0 Å². The van der Waals surface area contributed by atoms with E-state index in [-0.39, 0.29) is 5.91 Å². The van der Waals surface area contributed by atoms with Crippen molar-refractivity contribution >= 4 is 17.0 Å². The Morgan fingerprint density at radius 2 is 2.04 bits per heavy atom. The van der Waals surface area contributed by atoms with Crippen LogP contribution in [-0.4, -0.2) is 40.5 Å². The van der Waals surface area contributed by atoms with E-state index in [0.717, 1.165) is 48.9 Å². The Labute approximate surface area is 156 Å². The van der Waals surface area contributed by atoms with Crippen LogP contribution in [0.3, 0.4) is 0 Å². The molecule has 0 radical (unpaired) electrons. The fourth-order valence-electron chi connectivity index (χ4n) is 3.87. The number of aryl methyl sites for hydroxylation is 1. The van der Waals surface area contributed by atoms with Gasteiger partial charge in [-0.25, -0.2) is 9.97 Å². The van der Waals surface area contributed by atoms with E-state index in [1.165, 1.54) is 0 Å². The van der Waals surface area contributed by atoms with Gasteiger partial charge in [-0.2, -0.15) is 0 Å². The molecule has 3 aromatic rings. The molecule has 7 nitrogen and oxygen atoms in total. The number of oxazole rings is 2. The summed E-state index contributed by atoms with van der Waals surface area (Å²) in [5, 5.41) is 0. The van der Waals surface area contributed by atoms with Crippen LogP contribution in [-0.2, 0) is 17.7 Å². The summed E-state index contributed by atoms with van der Waals surface area (Å²) < 4.78 is 17.0. The number of ether oxygens (including phenoxy) is 1. The third-order valence-corrected chi connectivity index (χ3v) is 5.34. The number of benzene rings is 1. The molecule has 0 aliphatic carbocycles. The molecule has 140 valence electrons. The summed E-state index contributed by atoms with van der Waals surface area (Å²) in [6.07, 6.45) is 2.58. The van der Waals surface area contributed by atoms with Crippen molar-refractivity contribution in [2.45, 2.75) is 38.6 Å². The maximum absolute atomic E-state index is 13.0. The van der Waals surface area contributed by atoms with E-state index in [4.69, 9.17) is 18.6 Å². The van der Waals surface area contributed by atoms with Crippen molar-refractivity contribution in [3.63, 3.8) is 0 Å². The van der Waals surface area contributed by atoms with Gasteiger partial charge >= 0.3 is 0 Å². The Kier molecular flexibility index (Phi) is 3.97. The van der Waals surface area contributed by atoms with Gasteiger partial charge in [0.05, 0.1) is 6.54 Å². The van der Waals surface area contributed by atoms with E-state index < -0.39 is 0 Å². The molecular weight excluding hydrogens is 346 g/mol. The molecule has 0 bridgehead atoms. The minimum atomic E-state index is -0.0211. The lowest BCUT2D eigenvalue weighted by Crippen LogP contribution is -2.35. The van der Waals surface area contributed by atoms with Crippen molar-refractivity contribution in [3.05, 3.63) is 47.0 Å². The Balaban J connectivity index is 1.36. The first-order chi connectivity index (χ1) is 13.2. The second-order valence-corrected chi connectivity index (χ2v) is 7.20. The topological polar surface area (TPSA) is 81.6 Å². The normalized spacial score (nSPS) is 18.0. The van der Waals surface area contributed by atoms with Gasteiger partial charge in [-0.1, -0.05) is 0 Å². The molecule has 0 saturated carbocycles. The summed E-state index contributed by atoms with van der Waals surface area (Å²) in [5.41, 5.74) is 2.89. The van der Waals surface area contributed by atoms with Gasteiger partial charge in [-0.3, -0.25) is 4.79 Å². The Morgan fingerprint density at radius 3 is 2.89 bits per heavy atom. The summed E-state index contributed by atoms with van der Waals surface area (Å²) in [6, 6.07) is 5.40. The van der Waals surface area contributed by atoms with Gasteiger partial charge in [0.15, 0.2) is 17.4 Å². The predicted octanol–water partition coefficient (Wildman–Crippen LogP) is 3.22. The number of hydrogen-bond donors (Lipinski definition) is 0. The molecule has 5 rings (SSSR count). The van der Waals surface area contributed by atoms with Gasteiger partial charge in [0.2, 0.25) is 0 Å². The lowest BCUT2D eigenvalue weighted by Gasteiger charge is -2.25. The standard InChI is InChI=1S/C20H21N3O4/c1-12-21-15-3-2-14(10-18(15)26-12)20(24)23-7-4-17-16(11-23)22-19(27-17)13-5-8-25-9-6-13/h2-3,10,13H,4-9,11H2,1H3. The molecule has 7 heteroatoms. The molecule has 2 aromatic heterocycles. The van der Waals surface area contributed by atoms with Crippen molar-refractivity contribution in [2.24, 2.45) is 0 Å². The summed E-state index contributed by atoms with van der Waals surface area (Å²) in [7, 11) is 0. The monoisotopic (exact) mass is 367 g/mol. The van der Waals surface area contributed by atoms with Gasteiger partial charge < -0.3 is 18.5 Å². The molecule has 1 amide bonds. The van der Waals surface area contributed by atoms with Crippen molar-refractivity contribution in [1.82, 2.24) is 14.9 Å². The third kappa shape index (κ3) is 3.02. The van der Waals surface area contributed by atoms with Crippen LogP contribution < -0.4 is 0 Å². The first-order valence-electron chi connectivity index (χ1n) is 9.40. The van der Waals surface area contributed by atoms with Crippen molar-refractivity contribution in [1.29, 1.82) is 0 Å². The van der Waals surface area contributed by atoms with Crippen molar-refractivity contribution in [2.75, 3.05) is 19.8 Å². The quantitative estimate of drug-likeness (QED) is 0.692. The average Bonchev–Trinajstić information content (AvgIpc) is 3.29. The summed E-state index contributed by atoms with van der Waals surface area (Å²) in [4.78, 5) is 23.8. The molecule has 27 heavy (non-hydrogen) atoms. The Morgan fingerprint density at radius 1 is 1.19 bits per heavy atom. The Bertz CT molecular complexity index is 1000.